The summed E-state index contributed by atoms with van der Waals surface area (Å²) in [5.41, 5.74) is 0. The van der Waals surface area contributed by atoms with E-state index in [9.17, 15) is 17.6 Å². The summed E-state index contributed by atoms with van der Waals surface area (Å²) in [5, 5.41) is 0.130. The molecule has 0 bridgehead atoms. The second kappa shape index (κ2) is 8.19. The summed E-state index contributed by atoms with van der Waals surface area (Å²) in [6, 6.07) is 3.92. The van der Waals surface area contributed by atoms with Gasteiger partial charge in [-0.2, -0.15) is 0 Å². The summed E-state index contributed by atoms with van der Waals surface area (Å²) < 4.78 is 49.6. The third-order valence-corrected chi connectivity index (χ3v) is 4.38. The molecule has 0 fully saturated rings. The molecule has 0 unspecified atom stereocenters. The van der Waals surface area contributed by atoms with Crippen LogP contribution in [0.5, 0.6) is 5.75 Å². The Kier molecular flexibility index (Phi) is 6.23. The molecule has 0 aliphatic rings. The van der Waals surface area contributed by atoms with Crippen LogP contribution in [0.3, 0.4) is 0 Å². The maximum absolute atomic E-state index is 12.8. The lowest BCUT2D eigenvalue weighted by atomic mass is 10.3. The van der Waals surface area contributed by atoms with Gasteiger partial charge in [0.05, 0.1) is 19.0 Å². The van der Waals surface area contributed by atoms with Crippen LogP contribution in [0.2, 0.25) is 5.02 Å². The van der Waals surface area contributed by atoms with Gasteiger partial charge in [-0.15, -0.1) is 0 Å². The van der Waals surface area contributed by atoms with Crippen molar-refractivity contribution in [3.8, 4) is 5.75 Å². The Balaban J connectivity index is 2.27. The van der Waals surface area contributed by atoms with E-state index in [0.29, 0.717) is 0 Å². The molecule has 25 heavy (non-hydrogen) atoms. The van der Waals surface area contributed by atoms with Crippen molar-refractivity contribution in [2.45, 2.75) is 4.90 Å². The number of ether oxygens (including phenoxy) is 2. The molecule has 134 valence electrons. The summed E-state index contributed by atoms with van der Waals surface area (Å²) in [6.45, 7) is 0.327. The number of nitrogens with one attached hydrogen (secondary N) is 1. The van der Waals surface area contributed by atoms with Gasteiger partial charge in [0.15, 0.2) is 5.82 Å². The van der Waals surface area contributed by atoms with Gasteiger partial charge in [-0.1, -0.05) is 11.6 Å². The molecule has 0 radical (unpaired) electrons. The lowest BCUT2D eigenvalue weighted by Gasteiger charge is -2.12. The van der Waals surface area contributed by atoms with Crippen molar-refractivity contribution < 1.29 is 27.1 Å². The smallest absolute Gasteiger partial charge is 0.302 e. The number of amides is 1. The number of hydrogen-bond donors (Lipinski definition) is 1. The number of rotatable bonds is 7. The molecule has 0 aliphatic carbocycles. The highest BCUT2D eigenvalue weighted by molar-refractivity contribution is 7.90. The van der Waals surface area contributed by atoms with E-state index in [0.717, 1.165) is 18.5 Å². The first-order valence-corrected chi connectivity index (χ1v) is 8.65. The minimum absolute atomic E-state index is 0.0122. The van der Waals surface area contributed by atoms with E-state index >= 15 is 0 Å². The van der Waals surface area contributed by atoms with Gasteiger partial charge >= 0.3 is 5.91 Å². The van der Waals surface area contributed by atoms with Crippen LogP contribution >= 0.6 is 11.6 Å². The topological polar surface area (TPSA) is 107 Å². The minimum atomic E-state index is -4.33. The average Bonchev–Trinajstić information content (AvgIpc) is 2.56. The molecule has 0 spiro atoms. The van der Waals surface area contributed by atoms with Gasteiger partial charge < -0.3 is 9.47 Å². The van der Waals surface area contributed by atoms with Crippen molar-refractivity contribution >= 4 is 27.5 Å². The third-order valence-electron chi connectivity index (χ3n) is 2.79. The van der Waals surface area contributed by atoms with Crippen molar-refractivity contribution in [1.29, 1.82) is 0 Å². The molecule has 0 aliphatic heterocycles. The van der Waals surface area contributed by atoms with Crippen LogP contribution in [0.1, 0.15) is 10.6 Å². The van der Waals surface area contributed by atoms with Crippen molar-refractivity contribution in [2.75, 3.05) is 20.3 Å². The Morgan fingerprint density at radius 1 is 1.28 bits per heavy atom. The molecule has 1 amide bonds. The number of sulfonamides is 1. The summed E-state index contributed by atoms with van der Waals surface area (Å²) in [7, 11) is -2.87. The number of hydrogen-bond acceptors (Lipinski definition) is 7. The molecule has 0 saturated heterocycles. The van der Waals surface area contributed by atoms with Gasteiger partial charge in [0.1, 0.15) is 17.3 Å². The molecule has 11 heteroatoms. The van der Waals surface area contributed by atoms with Crippen LogP contribution in [0.4, 0.5) is 4.39 Å². The Bertz CT molecular complexity index is 861. The maximum atomic E-state index is 12.8. The molecule has 2 aromatic rings. The molecule has 0 atom stereocenters. The Morgan fingerprint density at radius 3 is 2.60 bits per heavy atom. The zero-order valence-corrected chi connectivity index (χ0v) is 14.5. The molecule has 1 aromatic carbocycles. The van der Waals surface area contributed by atoms with E-state index in [2.05, 4.69) is 9.97 Å². The van der Waals surface area contributed by atoms with Crippen LogP contribution in [0, 0.1) is 5.82 Å². The predicted octanol–water partition coefficient (Wildman–Crippen LogP) is 1.41. The molecular weight excluding hydrogens is 377 g/mol. The molecule has 1 N–H and O–H groups in total. The highest BCUT2D eigenvalue weighted by atomic mass is 35.5. The normalized spacial score (nSPS) is 11.2. The first-order chi connectivity index (χ1) is 11.8. The van der Waals surface area contributed by atoms with Gasteiger partial charge in [0.2, 0.25) is 5.82 Å². The first-order valence-electron chi connectivity index (χ1n) is 6.79. The Hall–Kier alpha value is -2.30. The number of benzene rings is 1. The number of carbonyl (C=O) groups is 1. The van der Waals surface area contributed by atoms with E-state index in [1.165, 1.54) is 19.2 Å². The van der Waals surface area contributed by atoms with E-state index in [4.69, 9.17) is 21.1 Å². The zero-order valence-electron chi connectivity index (χ0n) is 12.9. The maximum Gasteiger partial charge on any atom is 0.302 e. The van der Waals surface area contributed by atoms with E-state index in [1.54, 1.807) is 4.72 Å². The van der Waals surface area contributed by atoms with Gasteiger partial charge in [0, 0.05) is 12.1 Å². The van der Waals surface area contributed by atoms with Crippen molar-refractivity contribution in [3.05, 3.63) is 47.3 Å². The molecule has 8 nitrogen and oxygen atoms in total. The number of methoxy groups -OCH3 is 1. The predicted molar refractivity (Wildman–Crippen MR) is 85.5 cm³/mol. The van der Waals surface area contributed by atoms with Crippen LogP contribution < -0.4 is 9.46 Å². The van der Waals surface area contributed by atoms with E-state index < -0.39 is 27.6 Å². The standard InChI is InChI=1S/C14H13ClFN3O5S/c1-23-4-5-24-11-3-2-9(15)6-12(11)25(21,22)19-14(20)13-17-7-10(16)8-18-13/h2-3,6-8H,4-5H2,1H3,(H,19,20). The third kappa shape index (κ3) is 5.08. The van der Waals surface area contributed by atoms with Crippen LogP contribution in [0.25, 0.3) is 0 Å². The Morgan fingerprint density at radius 2 is 1.96 bits per heavy atom. The molecule has 1 aromatic heterocycles. The quantitative estimate of drug-likeness (QED) is 0.713. The number of aromatic nitrogens is 2. The van der Waals surface area contributed by atoms with Crippen LogP contribution in [0.15, 0.2) is 35.5 Å². The number of carbonyl (C=O) groups excluding carboxylic acids is 1. The highest BCUT2D eigenvalue weighted by Crippen LogP contribution is 2.27. The van der Waals surface area contributed by atoms with E-state index in [-0.39, 0.29) is 28.9 Å². The lowest BCUT2D eigenvalue weighted by molar-refractivity contribution is 0.0971. The average molecular weight is 390 g/mol. The number of nitrogens with zero attached hydrogens (tertiary/aromatic N) is 2. The zero-order chi connectivity index (χ0) is 18.4. The summed E-state index contributed by atoms with van der Waals surface area (Å²) in [5.74, 6) is -2.40. The highest BCUT2D eigenvalue weighted by Gasteiger charge is 2.24. The molecule has 1 heterocycles. The van der Waals surface area contributed by atoms with Crippen molar-refractivity contribution in [2.24, 2.45) is 0 Å². The lowest BCUT2D eigenvalue weighted by Crippen LogP contribution is -2.32. The molecular formula is C14H13ClFN3O5S. The second-order valence-electron chi connectivity index (χ2n) is 4.59. The molecule has 2 rings (SSSR count). The summed E-state index contributed by atoms with van der Waals surface area (Å²) in [6.07, 6.45) is 1.49. The fourth-order valence-corrected chi connectivity index (χ4v) is 3.05. The van der Waals surface area contributed by atoms with Gasteiger partial charge in [-0.25, -0.2) is 27.5 Å². The fraction of sp³-hybridized carbons (Fsp3) is 0.214. The summed E-state index contributed by atoms with van der Waals surface area (Å²) >= 11 is 5.83. The van der Waals surface area contributed by atoms with Crippen molar-refractivity contribution in [3.63, 3.8) is 0 Å². The SMILES string of the molecule is COCCOc1ccc(Cl)cc1S(=O)(=O)NC(=O)c1ncc(F)cn1. The summed E-state index contributed by atoms with van der Waals surface area (Å²) in [4.78, 5) is 18.5. The second-order valence-corrected chi connectivity index (χ2v) is 6.68. The van der Waals surface area contributed by atoms with E-state index in [1.807, 2.05) is 0 Å². The Labute approximate surface area is 148 Å². The number of halogens is 2. The van der Waals surface area contributed by atoms with Gasteiger partial charge in [0.25, 0.3) is 10.0 Å². The first kappa shape index (κ1) is 19.0. The minimum Gasteiger partial charge on any atom is -0.490 e. The van der Waals surface area contributed by atoms with Crippen molar-refractivity contribution in [1.82, 2.24) is 14.7 Å². The van der Waals surface area contributed by atoms with Crippen LogP contribution in [-0.4, -0.2) is 44.6 Å². The van der Waals surface area contributed by atoms with Crippen LogP contribution in [-0.2, 0) is 14.8 Å². The molecule has 0 saturated carbocycles. The monoisotopic (exact) mass is 389 g/mol. The van der Waals surface area contributed by atoms with Gasteiger partial charge in [-0.3, -0.25) is 4.79 Å². The fourth-order valence-electron chi connectivity index (χ4n) is 1.70. The largest absolute Gasteiger partial charge is 0.490 e. The van der Waals surface area contributed by atoms with Gasteiger partial charge in [-0.05, 0) is 18.2 Å².